The van der Waals surface area contributed by atoms with Crippen molar-refractivity contribution in [2.75, 3.05) is 5.32 Å². The molecule has 1 aromatic carbocycles. The zero-order chi connectivity index (χ0) is 15.4. The molecule has 1 aliphatic carbocycles. The summed E-state index contributed by atoms with van der Waals surface area (Å²) in [6.07, 6.45) is 2.90. The number of aromatic carboxylic acids is 1. The second kappa shape index (κ2) is 6.91. The highest BCUT2D eigenvalue weighted by Gasteiger charge is 2.24. The number of benzene rings is 1. The first-order valence-corrected chi connectivity index (χ1v) is 7.55. The standard InChI is InChI=1S/C14H17BrN2O4/c15-9-7-8(13(19)20)5-6-10(9)16-14(21)17-11-3-1-2-4-12(11)18/h5-7,11-12,18H,1-4H2,(H,19,20)(H2,16,17,21). The number of carbonyl (C=O) groups is 2. The Balaban J connectivity index is 1.97. The summed E-state index contributed by atoms with van der Waals surface area (Å²) in [4.78, 5) is 22.8. The fraction of sp³-hybridized carbons (Fsp3) is 0.429. The predicted octanol–water partition coefficient (Wildman–Crippen LogP) is 2.57. The van der Waals surface area contributed by atoms with Crippen LogP contribution in [0.4, 0.5) is 10.5 Å². The van der Waals surface area contributed by atoms with Gasteiger partial charge < -0.3 is 20.8 Å². The van der Waals surface area contributed by atoms with E-state index >= 15 is 0 Å². The van der Waals surface area contributed by atoms with E-state index < -0.39 is 18.1 Å². The molecule has 0 radical (unpaired) electrons. The normalized spacial score (nSPS) is 21.6. The van der Waals surface area contributed by atoms with Crippen molar-refractivity contribution in [3.63, 3.8) is 0 Å². The quantitative estimate of drug-likeness (QED) is 0.668. The number of nitrogens with one attached hydrogen (secondary N) is 2. The van der Waals surface area contributed by atoms with E-state index in [0.29, 0.717) is 16.6 Å². The molecular weight excluding hydrogens is 340 g/mol. The topological polar surface area (TPSA) is 98.7 Å². The minimum absolute atomic E-state index is 0.135. The van der Waals surface area contributed by atoms with E-state index in [1.54, 1.807) is 0 Å². The molecule has 4 N–H and O–H groups in total. The van der Waals surface area contributed by atoms with Gasteiger partial charge in [-0.2, -0.15) is 0 Å². The Labute approximate surface area is 130 Å². The smallest absolute Gasteiger partial charge is 0.335 e. The number of urea groups is 1. The highest BCUT2D eigenvalue weighted by Crippen LogP contribution is 2.24. The molecule has 0 aromatic heterocycles. The van der Waals surface area contributed by atoms with Crippen molar-refractivity contribution < 1.29 is 19.8 Å². The molecule has 0 bridgehead atoms. The molecule has 1 aliphatic rings. The third kappa shape index (κ3) is 4.18. The predicted molar refractivity (Wildman–Crippen MR) is 81.5 cm³/mol. The molecule has 6 nitrogen and oxygen atoms in total. The maximum Gasteiger partial charge on any atom is 0.335 e. The number of carbonyl (C=O) groups excluding carboxylic acids is 1. The van der Waals surface area contributed by atoms with Crippen LogP contribution < -0.4 is 10.6 Å². The van der Waals surface area contributed by atoms with Crippen molar-refractivity contribution in [1.29, 1.82) is 0 Å². The van der Waals surface area contributed by atoms with E-state index in [0.717, 1.165) is 19.3 Å². The van der Waals surface area contributed by atoms with Crippen LogP contribution >= 0.6 is 15.9 Å². The Morgan fingerprint density at radius 2 is 1.95 bits per heavy atom. The van der Waals surface area contributed by atoms with Crippen LogP contribution in [0.5, 0.6) is 0 Å². The minimum Gasteiger partial charge on any atom is -0.478 e. The number of carboxylic acids is 1. The average molecular weight is 357 g/mol. The van der Waals surface area contributed by atoms with Gasteiger partial charge in [0.1, 0.15) is 0 Å². The molecule has 2 rings (SSSR count). The summed E-state index contributed by atoms with van der Waals surface area (Å²) < 4.78 is 0.488. The Bertz CT molecular complexity index is 550. The number of rotatable bonds is 3. The van der Waals surface area contributed by atoms with Gasteiger partial charge in [-0.05, 0) is 47.0 Å². The summed E-state index contributed by atoms with van der Waals surface area (Å²) in [6.45, 7) is 0. The highest BCUT2D eigenvalue weighted by atomic mass is 79.9. The number of amides is 2. The third-order valence-electron chi connectivity index (χ3n) is 3.51. The molecule has 0 spiro atoms. The maximum atomic E-state index is 11.9. The molecule has 1 aromatic rings. The van der Waals surface area contributed by atoms with Crippen molar-refractivity contribution >= 4 is 33.6 Å². The van der Waals surface area contributed by atoms with Gasteiger partial charge >= 0.3 is 12.0 Å². The van der Waals surface area contributed by atoms with E-state index in [4.69, 9.17) is 5.11 Å². The lowest BCUT2D eigenvalue weighted by Crippen LogP contribution is -2.46. The van der Waals surface area contributed by atoms with Crippen molar-refractivity contribution in [3.05, 3.63) is 28.2 Å². The van der Waals surface area contributed by atoms with Gasteiger partial charge in [0.25, 0.3) is 0 Å². The molecule has 21 heavy (non-hydrogen) atoms. The second-order valence-corrected chi connectivity index (χ2v) is 5.91. The molecule has 1 saturated carbocycles. The van der Waals surface area contributed by atoms with Crippen molar-refractivity contribution in [2.45, 2.75) is 37.8 Å². The van der Waals surface area contributed by atoms with E-state index in [2.05, 4.69) is 26.6 Å². The fourth-order valence-electron chi connectivity index (χ4n) is 2.36. The number of aliphatic hydroxyl groups is 1. The highest BCUT2D eigenvalue weighted by molar-refractivity contribution is 9.10. The van der Waals surface area contributed by atoms with Crippen LogP contribution in [-0.2, 0) is 0 Å². The summed E-state index contributed by atoms with van der Waals surface area (Å²) in [5.41, 5.74) is 0.610. The molecule has 7 heteroatoms. The minimum atomic E-state index is -1.03. The first-order valence-electron chi connectivity index (χ1n) is 6.76. The molecular formula is C14H17BrN2O4. The van der Waals surface area contributed by atoms with Gasteiger partial charge in [0.2, 0.25) is 0 Å². The van der Waals surface area contributed by atoms with Crippen LogP contribution in [0.25, 0.3) is 0 Å². The van der Waals surface area contributed by atoms with Crippen LogP contribution in [0.1, 0.15) is 36.0 Å². The van der Waals surface area contributed by atoms with Gasteiger partial charge in [-0.1, -0.05) is 12.8 Å². The van der Waals surface area contributed by atoms with Crippen LogP contribution in [0.3, 0.4) is 0 Å². The van der Waals surface area contributed by atoms with Gasteiger partial charge in [-0.25, -0.2) is 9.59 Å². The summed E-state index contributed by atoms with van der Waals surface area (Å²) in [7, 11) is 0. The van der Waals surface area contributed by atoms with Gasteiger partial charge in [0.15, 0.2) is 0 Å². The summed E-state index contributed by atoms with van der Waals surface area (Å²) >= 11 is 3.23. The molecule has 0 aliphatic heterocycles. The third-order valence-corrected chi connectivity index (χ3v) is 4.17. The summed E-state index contributed by atoms with van der Waals surface area (Å²) in [6, 6.07) is 3.70. The number of hydrogen-bond acceptors (Lipinski definition) is 3. The molecule has 114 valence electrons. The first kappa shape index (κ1) is 15.8. The Kier molecular flexibility index (Phi) is 5.19. The molecule has 0 saturated heterocycles. The lowest BCUT2D eigenvalue weighted by molar-refractivity contribution is 0.0697. The van der Waals surface area contributed by atoms with E-state index in [9.17, 15) is 14.7 Å². The number of hydrogen-bond donors (Lipinski definition) is 4. The van der Waals surface area contributed by atoms with Gasteiger partial charge in [-0.15, -0.1) is 0 Å². The van der Waals surface area contributed by atoms with E-state index in [1.807, 2.05) is 0 Å². The van der Waals surface area contributed by atoms with Crippen molar-refractivity contribution in [1.82, 2.24) is 5.32 Å². The lowest BCUT2D eigenvalue weighted by atomic mass is 9.93. The Hall–Kier alpha value is -1.60. The number of carboxylic acid groups (broad SMARTS) is 1. The lowest BCUT2D eigenvalue weighted by Gasteiger charge is -2.28. The zero-order valence-electron chi connectivity index (χ0n) is 11.3. The van der Waals surface area contributed by atoms with Crippen LogP contribution in [0, 0.1) is 0 Å². The number of halogens is 1. The van der Waals surface area contributed by atoms with Crippen LogP contribution in [-0.4, -0.2) is 34.4 Å². The molecule has 2 unspecified atom stereocenters. The van der Waals surface area contributed by atoms with Crippen molar-refractivity contribution in [2.24, 2.45) is 0 Å². The molecule has 1 fully saturated rings. The largest absolute Gasteiger partial charge is 0.478 e. The Morgan fingerprint density at radius 3 is 2.57 bits per heavy atom. The van der Waals surface area contributed by atoms with Crippen LogP contribution in [0.2, 0.25) is 0 Å². The maximum absolute atomic E-state index is 11.9. The zero-order valence-corrected chi connectivity index (χ0v) is 12.9. The first-order chi connectivity index (χ1) is 9.97. The average Bonchev–Trinajstić information content (AvgIpc) is 2.43. The SMILES string of the molecule is O=C(Nc1ccc(C(=O)O)cc1Br)NC1CCCCC1O. The molecule has 2 amide bonds. The van der Waals surface area contributed by atoms with Gasteiger partial charge in [-0.3, -0.25) is 0 Å². The van der Waals surface area contributed by atoms with Crippen LogP contribution in [0.15, 0.2) is 22.7 Å². The van der Waals surface area contributed by atoms with E-state index in [1.165, 1.54) is 18.2 Å². The Morgan fingerprint density at radius 1 is 1.24 bits per heavy atom. The van der Waals surface area contributed by atoms with Gasteiger partial charge in [0.05, 0.1) is 23.4 Å². The molecule has 2 atom stereocenters. The second-order valence-electron chi connectivity index (χ2n) is 5.06. The summed E-state index contributed by atoms with van der Waals surface area (Å²) in [5.74, 6) is -1.03. The fourth-order valence-corrected chi connectivity index (χ4v) is 2.83. The van der Waals surface area contributed by atoms with Gasteiger partial charge in [0, 0.05) is 4.47 Å². The monoisotopic (exact) mass is 356 g/mol. The van der Waals surface area contributed by atoms with Crippen molar-refractivity contribution in [3.8, 4) is 0 Å². The number of aliphatic hydroxyl groups excluding tert-OH is 1. The van der Waals surface area contributed by atoms with E-state index in [-0.39, 0.29) is 11.6 Å². The number of anilines is 1. The summed E-state index contributed by atoms with van der Waals surface area (Å²) in [5, 5.41) is 24.1. The molecule has 0 heterocycles.